The van der Waals surface area contributed by atoms with Gasteiger partial charge in [0.15, 0.2) is 0 Å². The molecule has 0 saturated heterocycles. The third-order valence-corrected chi connectivity index (χ3v) is 4.87. The van der Waals surface area contributed by atoms with Crippen LogP contribution < -0.4 is 14.8 Å². The number of nitrogens with one attached hydrogen (secondary N) is 1. The van der Waals surface area contributed by atoms with Gasteiger partial charge in [0.1, 0.15) is 23.7 Å². The van der Waals surface area contributed by atoms with Crippen LogP contribution in [0.25, 0.3) is 0 Å². The van der Waals surface area contributed by atoms with Crippen LogP contribution in [0.2, 0.25) is 0 Å². The molecule has 5 nitrogen and oxygen atoms in total. The van der Waals surface area contributed by atoms with Crippen LogP contribution in [0.5, 0.6) is 11.5 Å². The predicted octanol–water partition coefficient (Wildman–Crippen LogP) is 3.76. The second-order valence-corrected chi connectivity index (χ2v) is 6.47. The van der Waals surface area contributed by atoms with Gasteiger partial charge in [0, 0.05) is 7.05 Å². The summed E-state index contributed by atoms with van der Waals surface area (Å²) in [6, 6.07) is 25.3. The average molecular weight is 391 g/mol. The van der Waals surface area contributed by atoms with Gasteiger partial charge in [-0.05, 0) is 41.0 Å². The van der Waals surface area contributed by atoms with Gasteiger partial charge in [-0.1, -0.05) is 54.6 Å². The van der Waals surface area contributed by atoms with Crippen LogP contribution in [0.3, 0.4) is 0 Å². The minimum atomic E-state index is -0.980. The fourth-order valence-electron chi connectivity index (χ4n) is 3.32. The van der Waals surface area contributed by atoms with Gasteiger partial charge < -0.3 is 19.5 Å². The summed E-state index contributed by atoms with van der Waals surface area (Å²) in [6.45, 7) is -0.0938. The fourth-order valence-corrected chi connectivity index (χ4v) is 3.32. The highest BCUT2D eigenvalue weighted by Gasteiger charge is 2.38. The summed E-state index contributed by atoms with van der Waals surface area (Å²) in [6.07, 6.45) is 0. The Morgan fingerprint density at radius 3 is 1.62 bits per heavy atom. The summed E-state index contributed by atoms with van der Waals surface area (Å²) in [5, 5.41) is 2.62. The summed E-state index contributed by atoms with van der Waals surface area (Å²) in [5.41, 5.74) is 1.71. The molecule has 150 valence electrons. The van der Waals surface area contributed by atoms with Crippen molar-refractivity contribution in [1.29, 1.82) is 0 Å². The molecule has 0 unspecified atom stereocenters. The first-order chi connectivity index (χ1) is 14.1. The van der Waals surface area contributed by atoms with Gasteiger partial charge in [-0.3, -0.25) is 4.79 Å². The number of amides is 1. The summed E-state index contributed by atoms with van der Waals surface area (Å²) >= 11 is 0. The lowest BCUT2D eigenvalue weighted by Crippen LogP contribution is -2.37. The van der Waals surface area contributed by atoms with E-state index in [0.717, 1.165) is 28.2 Å². The van der Waals surface area contributed by atoms with Gasteiger partial charge in [-0.25, -0.2) is 0 Å². The van der Waals surface area contributed by atoms with E-state index in [1.54, 1.807) is 21.3 Å². The molecular formula is C24H25NO4. The quantitative estimate of drug-likeness (QED) is 0.594. The van der Waals surface area contributed by atoms with Gasteiger partial charge in [-0.2, -0.15) is 0 Å². The number of benzene rings is 3. The Kier molecular flexibility index (Phi) is 6.52. The van der Waals surface area contributed by atoms with E-state index in [2.05, 4.69) is 5.32 Å². The summed E-state index contributed by atoms with van der Waals surface area (Å²) < 4.78 is 17.0. The van der Waals surface area contributed by atoms with Crippen molar-refractivity contribution in [3.05, 3.63) is 95.6 Å². The third-order valence-electron chi connectivity index (χ3n) is 4.87. The molecule has 0 bridgehead atoms. The Morgan fingerprint density at radius 1 is 0.759 bits per heavy atom. The van der Waals surface area contributed by atoms with E-state index >= 15 is 0 Å². The molecule has 0 saturated carbocycles. The van der Waals surface area contributed by atoms with E-state index in [4.69, 9.17) is 14.2 Å². The molecule has 0 aromatic heterocycles. The monoisotopic (exact) mass is 391 g/mol. The van der Waals surface area contributed by atoms with Crippen LogP contribution in [-0.4, -0.2) is 33.8 Å². The Hall–Kier alpha value is -3.31. The Labute approximate surface area is 171 Å². The number of methoxy groups -OCH3 is 2. The first-order valence-corrected chi connectivity index (χ1v) is 9.33. The number of rotatable bonds is 8. The molecule has 29 heavy (non-hydrogen) atoms. The maximum absolute atomic E-state index is 12.1. The normalized spacial score (nSPS) is 11.0. The molecule has 3 aromatic carbocycles. The Balaban J connectivity index is 2.22. The standard InChI is InChI=1S/C24H25NO4/c1-25-23(26)17-29-24(18-7-5-4-6-8-18,19-9-13-21(27-2)14-10-19)20-11-15-22(28-3)16-12-20/h4-16H,17H2,1-3H3,(H,25,26). The first kappa shape index (κ1) is 20.4. The highest BCUT2D eigenvalue weighted by atomic mass is 16.5. The molecule has 1 amide bonds. The second kappa shape index (κ2) is 9.26. The van der Waals surface area contributed by atoms with E-state index in [9.17, 15) is 4.79 Å². The highest BCUT2D eigenvalue weighted by molar-refractivity contribution is 5.77. The smallest absolute Gasteiger partial charge is 0.245 e. The molecule has 0 radical (unpaired) electrons. The molecule has 3 aromatic rings. The van der Waals surface area contributed by atoms with Gasteiger partial charge in [0.25, 0.3) is 0 Å². The number of hydrogen-bond acceptors (Lipinski definition) is 4. The summed E-state index contributed by atoms with van der Waals surface area (Å²) in [4.78, 5) is 12.1. The molecular weight excluding hydrogens is 366 g/mol. The predicted molar refractivity (Wildman–Crippen MR) is 112 cm³/mol. The number of carbonyl (C=O) groups excluding carboxylic acids is 1. The van der Waals surface area contributed by atoms with Gasteiger partial charge in [0.05, 0.1) is 14.2 Å². The second-order valence-electron chi connectivity index (χ2n) is 6.47. The molecule has 0 aliphatic rings. The zero-order chi connectivity index (χ0) is 20.7. The number of carbonyl (C=O) groups is 1. The topological polar surface area (TPSA) is 56.8 Å². The van der Waals surface area contributed by atoms with Crippen molar-refractivity contribution >= 4 is 5.91 Å². The van der Waals surface area contributed by atoms with Crippen LogP contribution >= 0.6 is 0 Å². The Morgan fingerprint density at radius 2 is 1.21 bits per heavy atom. The molecule has 0 atom stereocenters. The number of ether oxygens (including phenoxy) is 3. The molecule has 0 spiro atoms. The highest BCUT2D eigenvalue weighted by Crippen LogP contribution is 2.41. The van der Waals surface area contributed by atoms with Gasteiger partial charge in [0.2, 0.25) is 5.91 Å². The minimum Gasteiger partial charge on any atom is -0.497 e. The molecule has 0 aliphatic carbocycles. The lowest BCUT2D eigenvalue weighted by atomic mass is 9.80. The van der Waals surface area contributed by atoms with E-state index in [-0.39, 0.29) is 12.5 Å². The molecule has 3 rings (SSSR count). The van der Waals surface area contributed by atoms with E-state index in [0.29, 0.717) is 0 Å². The van der Waals surface area contributed by atoms with Crippen molar-refractivity contribution in [2.45, 2.75) is 5.60 Å². The zero-order valence-corrected chi connectivity index (χ0v) is 16.8. The van der Waals surface area contributed by atoms with Crippen LogP contribution in [0.1, 0.15) is 16.7 Å². The molecule has 1 N–H and O–H groups in total. The van der Waals surface area contributed by atoms with Crippen LogP contribution in [-0.2, 0) is 15.1 Å². The molecule has 5 heteroatoms. The third kappa shape index (κ3) is 4.25. The van der Waals surface area contributed by atoms with Crippen molar-refractivity contribution in [3.63, 3.8) is 0 Å². The van der Waals surface area contributed by atoms with Crippen molar-refractivity contribution in [3.8, 4) is 11.5 Å². The lowest BCUT2D eigenvalue weighted by molar-refractivity contribution is -0.129. The van der Waals surface area contributed by atoms with Crippen molar-refractivity contribution < 1.29 is 19.0 Å². The molecule has 0 aliphatic heterocycles. The SMILES string of the molecule is CNC(=O)COC(c1ccccc1)(c1ccc(OC)cc1)c1ccc(OC)cc1. The minimum absolute atomic E-state index is 0.0938. The largest absolute Gasteiger partial charge is 0.497 e. The number of hydrogen-bond donors (Lipinski definition) is 1. The fraction of sp³-hybridized carbons (Fsp3) is 0.208. The first-order valence-electron chi connectivity index (χ1n) is 9.33. The molecule has 0 heterocycles. The van der Waals surface area contributed by atoms with Gasteiger partial charge in [-0.15, -0.1) is 0 Å². The van der Waals surface area contributed by atoms with Crippen LogP contribution in [0, 0.1) is 0 Å². The zero-order valence-electron chi connectivity index (χ0n) is 16.8. The van der Waals surface area contributed by atoms with E-state index < -0.39 is 5.60 Å². The maximum atomic E-state index is 12.1. The van der Waals surface area contributed by atoms with Crippen molar-refractivity contribution in [2.24, 2.45) is 0 Å². The Bertz CT molecular complexity index is 874. The summed E-state index contributed by atoms with van der Waals surface area (Å²) in [7, 11) is 4.85. The summed E-state index contributed by atoms with van der Waals surface area (Å²) in [5.74, 6) is 1.29. The van der Waals surface area contributed by atoms with Crippen LogP contribution in [0.4, 0.5) is 0 Å². The van der Waals surface area contributed by atoms with Crippen molar-refractivity contribution in [1.82, 2.24) is 5.32 Å². The molecule has 0 fully saturated rings. The lowest BCUT2D eigenvalue weighted by Gasteiger charge is -2.35. The van der Waals surface area contributed by atoms with E-state index in [1.807, 2.05) is 78.9 Å². The maximum Gasteiger partial charge on any atom is 0.245 e. The van der Waals surface area contributed by atoms with Crippen molar-refractivity contribution in [2.75, 3.05) is 27.9 Å². The number of likely N-dealkylation sites (N-methyl/N-ethyl adjacent to an activating group) is 1. The average Bonchev–Trinajstić information content (AvgIpc) is 2.80. The van der Waals surface area contributed by atoms with Gasteiger partial charge >= 0.3 is 0 Å². The van der Waals surface area contributed by atoms with Crippen LogP contribution in [0.15, 0.2) is 78.9 Å². The van der Waals surface area contributed by atoms with E-state index in [1.165, 1.54) is 0 Å².